The summed E-state index contributed by atoms with van der Waals surface area (Å²) in [5.41, 5.74) is 7.81. The van der Waals surface area contributed by atoms with Gasteiger partial charge in [-0.2, -0.15) is 4.98 Å². The number of benzene rings is 1. The number of halogens is 1. The van der Waals surface area contributed by atoms with Crippen molar-refractivity contribution in [1.29, 1.82) is 0 Å². The third-order valence-electron chi connectivity index (χ3n) is 4.23. The van der Waals surface area contributed by atoms with Gasteiger partial charge in [0.2, 0.25) is 5.95 Å². The summed E-state index contributed by atoms with van der Waals surface area (Å²) < 4.78 is 13.4. The second-order valence-corrected chi connectivity index (χ2v) is 5.82. The molecule has 0 spiro atoms. The molecule has 2 heterocycles. The van der Waals surface area contributed by atoms with Crippen LogP contribution in [-0.4, -0.2) is 34.3 Å². The number of H-pyrrole nitrogens is 1. The van der Waals surface area contributed by atoms with Crippen LogP contribution < -0.4 is 10.6 Å². The normalized spacial score (nSPS) is 22.6. The first kappa shape index (κ1) is 14.0. The van der Waals surface area contributed by atoms with E-state index < -0.39 is 0 Å². The Labute approximate surface area is 123 Å². The van der Waals surface area contributed by atoms with E-state index >= 15 is 0 Å². The lowest BCUT2D eigenvalue weighted by molar-refractivity contribution is 0.376. The molecule has 2 aromatic rings. The Hall–Kier alpha value is -1.95. The summed E-state index contributed by atoms with van der Waals surface area (Å²) >= 11 is 0. The van der Waals surface area contributed by atoms with Crippen LogP contribution in [0.25, 0.3) is 11.4 Å². The molecule has 6 heteroatoms. The number of aryl methyl sites for hydroxylation is 1. The fourth-order valence-corrected chi connectivity index (χ4v) is 2.65. The minimum Gasteiger partial charge on any atom is -0.338 e. The highest BCUT2D eigenvalue weighted by Crippen LogP contribution is 2.24. The Morgan fingerprint density at radius 2 is 2.24 bits per heavy atom. The number of hydrogen-bond acceptors (Lipinski definition) is 4. The first-order valence-corrected chi connectivity index (χ1v) is 7.24. The maximum absolute atomic E-state index is 13.4. The largest absolute Gasteiger partial charge is 0.338 e. The fraction of sp³-hybridized carbons (Fsp3) is 0.467. The van der Waals surface area contributed by atoms with Crippen LogP contribution in [0.2, 0.25) is 0 Å². The third kappa shape index (κ3) is 2.76. The molecule has 1 aliphatic heterocycles. The van der Waals surface area contributed by atoms with Crippen LogP contribution in [-0.2, 0) is 0 Å². The predicted octanol–water partition coefficient (Wildman–Crippen LogP) is 2.09. The lowest BCUT2D eigenvalue weighted by Gasteiger charge is -2.34. The second kappa shape index (κ2) is 5.44. The van der Waals surface area contributed by atoms with Crippen molar-refractivity contribution in [1.82, 2.24) is 15.2 Å². The molecule has 2 unspecified atom stereocenters. The molecule has 1 aliphatic rings. The van der Waals surface area contributed by atoms with Gasteiger partial charge in [0.15, 0.2) is 5.82 Å². The van der Waals surface area contributed by atoms with E-state index in [0.717, 1.165) is 30.6 Å². The van der Waals surface area contributed by atoms with Gasteiger partial charge in [0.05, 0.1) is 0 Å². The van der Waals surface area contributed by atoms with E-state index in [1.165, 1.54) is 12.1 Å². The van der Waals surface area contributed by atoms with Crippen molar-refractivity contribution < 1.29 is 4.39 Å². The molecule has 0 saturated carbocycles. The number of rotatable bonds is 2. The average molecular weight is 289 g/mol. The Kier molecular flexibility index (Phi) is 3.63. The van der Waals surface area contributed by atoms with E-state index in [-0.39, 0.29) is 11.9 Å². The van der Waals surface area contributed by atoms with Crippen LogP contribution in [0.3, 0.4) is 0 Å². The summed E-state index contributed by atoms with van der Waals surface area (Å²) in [4.78, 5) is 6.59. The standard InChI is InChI=1S/C15H20FN5/c1-9-3-4-11(16)7-12(9)14-18-15(20-19-14)21-6-5-10(2)13(17)8-21/h3-4,7,10,13H,5-6,8,17H2,1-2H3,(H,18,19,20). The zero-order valence-corrected chi connectivity index (χ0v) is 12.3. The summed E-state index contributed by atoms with van der Waals surface area (Å²) in [6.07, 6.45) is 1.03. The van der Waals surface area contributed by atoms with Crippen LogP contribution in [0.4, 0.5) is 10.3 Å². The topological polar surface area (TPSA) is 70.8 Å². The van der Waals surface area contributed by atoms with Gasteiger partial charge in [-0.15, -0.1) is 5.10 Å². The van der Waals surface area contributed by atoms with Crippen molar-refractivity contribution in [2.75, 3.05) is 18.0 Å². The number of piperidine rings is 1. The van der Waals surface area contributed by atoms with Crippen LogP contribution in [0.5, 0.6) is 0 Å². The highest BCUT2D eigenvalue weighted by atomic mass is 19.1. The summed E-state index contributed by atoms with van der Waals surface area (Å²) in [6, 6.07) is 4.80. The molecule has 1 fully saturated rings. The molecule has 0 bridgehead atoms. The minimum atomic E-state index is -0.276. The molecule has 3 N–H and O–H groups in total. The van der Waals surface area contributed by atoms with Crippen molar-refractivity contribution in [3.63, 3.8) is 0 Å². The number of aromatic amines is 1. The molecular weight excluding hydrogens is 269 g/mol. The zero-order valence-electron chi connectivity index (χ0n) is 12.3. The van der Waals surface area contributed by atoms with Gasteiger partial charge < -0.3 is 10.6 Å². The SMILES string of the molecule is Cc1ccc(F)cc1-c1nc(N2CCC(C)C(N)C2)n[nH]1. The molecule has 0 aliphatic carbocycles. The van der Waals surface area contributed by atoms with Crippen molar-refractivity contribution in [2.45, 2.75) is 26.3 Å². The smallest absolute Gasteiger partial charge is 0.245 e. The molecule has 21 heavy (non-hydrogen) atoms. The highest BCUT2D eigenvalue weighted by molar-refractivity contribution is 5.61. The van der Waals surface area contributed by atoms with Gasteiger partial charge in [0.1, 0.15) is 5.82 Å². The van der Waals surface area contributed by atoms with Gasteiger partial charge >= 0.3 is 0 Å². The van der Waals surface area contributed by atoms with Gasteiger partial charge in [-0.1, -0.05) is 13.0 Å². The molecule has 2 atom stereocenters. The summed E-state index contributed by atoms with van der Waals surface area (Å²) in [7, 11) is 0. The third-order valence-corrected chi connectivity index (χ3v) is 4.23. The number of nitrogens with two attached hydrogens (primary N) is 1. The molecule has 1 aromatic heterocycles. The fourth-order valence-electron chi connectivity index (χ4n) is 2.65. The molecule has 0 radical (unpaired) electrons. The number of nitrogens with zero attached hydrogens (tertiary/aromatic N) is 3. The number of hydrogen-bond donors (Lipinski definition) is 2. The van der Waals surface area contributed by atoms with Gasteiger partial charge in [-0.3, -0.25) is 5.10 Å². The Morgan fingerprint density at radius 3 is 3.00 bits per heavy atom. The molecule has 0 amide bonds. The lowest BCUT2D eigenvalue weighted by atomic mass is 9.95. The van der Waals surface area contributed by atoms with Crippen LogP contribution in [0.1, 0.15) is 18.9 Å². The van der Waals surface area contributed by atoms with E-state index in [9.17, 15) is 4.39 Å². The highest BCUT2D eigenvalue weighted by Gasteiger charge is 2.25. The van der Waals surface area contributed by atoms with Gasteiger partial charge in [-0.05, 0) is 37.0 Å². The Bertz CT molecular complexity index is 639. The molecule has 3 rings (SSSR count). The average Bonchev–Trinajstić information content (AvgIpc) is 2.94. The second-order valence-electron chi connectivity index (χ2n) is 5.82. The minimum absolute atomic E-state index is 0.136. The van der Waals surface area contributed by atoms with Crippen LogP contribution >= 0.6 is 0 Å². The Morgan fingerprint density at radius 1 is 1.43 bits per heavy atom. The number of aromatic nitrogens is 3. The number of nitrogens with one attached hydrogen (secondary N) is 1. The molecular formula is C15H20FN5. The van der Waals surface area contributed by atoms with Crippen LogP contribution in [0.15, 0.2) is 18.2 Å². The van der Waals surface area contributed by atoms with Crippen molar-refractivity contribution in [3.8, 4) is 11.4 Å². The van der Waals surface area contributed by atoms with Crippen LogP contribution in [0, 0.1) is 18.7 Å². The van der Waals surface area contributed by atoms with E-state index in [1.54, 1.807) is 6.07 Å². The maximum Gasteiger partial charge on any atom is 0.245 e. The van der Waals surface area contributed by atoms with E-state index in [0.29, 0.717) is 17.7 Å². The first-order chi connectivity index (χ1) is 10.0. The molecule has 112 valence electrons. The monoisotopic (exact) mass is 289 g/mol. The van der Waals surface area contributed by atoms with Crippen molar-refractivity contribution in [2.24, 2.45) is 11.7 Å². The quantitative estimate of drug-likeness (QED) is 0.888. The number of anilines is 1. The van der Waals surface area contributed by atoms with Gasteiger partial charge in [0.25, 0.3) is 0 Å². The summed E-state index contributed by atoms with van der Waals surface area (Å²) in [5, 5.41) is 7.16. The maximum atomic E-state index is 13.4. The summed E-state index contributed by atoms with van der Waals surface area (Å²) in [5.74, 6) is 1.47. The summed E-state index contributed by atoms with van der Waals surface area (Å²) in [6.45, 7) is 5.74. The van der Waals surface area contributed by atoms with Gasteiger partial charge in [-0.25, -0.2) is 4.39 Å². The van der Waals surface area contributed by atoms with E-state index in [4.69, 9.17) is 5.73 Å². The predicted molar refractivity (Wildman–Crippen MR) is 80.5 cm³/mol. The lowest BCUT2D eigenvalue weighted by Crippen LogP contribution is -2.48. The van der Waals surface area contributed by atoms with Crippen molar-refractivity contribution >= 4 is 5.95 Å². The van der Waals surface area contributed by atoms with Crippen molar-refractivity contribution in [3.05, 3.63) is 29.6 Å². The first-order valence-electron chi connectivity index (χ1n) is 7.24. The zero-order chi connectivity index (χ0) is 15.0. The molecule has 5 nitrogen and oxygen atoms in total. The van der Waals surface area contributed by atoms with E-state index in [1.807, 2.05) is 6.92 Å². The molecule has 1 saturated heterocycles. The molecule has 1 aromatic carbocycles. The Balaban J connectivity index is 1.85. The van der Waals surface area contributed by atoms with Gasteiger partial charge in [0, 0.05) is 24.7 Å². The van der Waals surface area contributed by atoms with E-state index in [2.05, 4.69) is 27.0 Å².